The smallest absolute Gasteiger partial charge is 0 e. The Bertz CT molecular complexity index is 20.0. The maximum absolute atomic E-state index is 4.05. The Morgan fingerprint density at radius 3 is 2.00 bits per heavy atom. The molecule has 7 heavy (non-hydrogen) atoms. The van der Waals surface area contributed by atoms with Crippen molar-refractivity contribution in [3.8, 4) is 0 Å². The van der Waals surface area contributed by atoms with Crippen molar-refractivity contribution in [3.63, 3.8) is 0 Å². The fourth-order valence-electron chi connectivity index (χ4n) is 0.362. The van der Waals surface area contributed by atoms with Crippen LogP contribution in [-0.4, -0.2) is 35.3 Å². The largest absolute Gasteiger partial charge is 0.179 e. The summed E-state index contributed by atoms with van der Waals surface area (Å²) in [6.07, 6.45) is 3.92. The molecule has 0 saturated carbocycles. The van der Waals surface area contributed by atoms with Crippen molar-refractivity contribution in [2.75, 3.05) is 5.75 Å². The van der Waals surface area contributed by atoms with Crippen molar-refractivity contribution < 1.29 is 0 Å². The number of hydrogen-bond donors (Lipinski definition) is 1. The molecule has 0 atom stereocenters. The van der Waals surface area contributed by atoms with Crippen LogP contribution in [0.3, 0.4) is 0 Å². The first-order valence-electron chi connectivity index (χ1n) is 2.52. The third-order valence-corrected chi connectivity index (χ3v) is 1.08. The van der Waals surface area contributed by atoms with Gasteiger partial charge in [-0.05, 0) is 12.2 Å². The van der Waals surface area contributed by atoms with Crippen LogP contribution >= 0.6 is 12.6 Å². The predicted octanol–water partition coefficient (Wildman–Crippen LogP) is 1.73. The summed E-state index contributed by atoms with van der Waals surface area (Å²) in [6.45, 7) is 2.20. The third-order valence-electron chi connectivity index (χ3n) is 0.762. The topological polar surface area (TPSA) is 0 Å². The molecule has 39 valence electrons. The van der Waals surface area contributed by atoms with E-state index >= 15 is 0 Å². The van der Waals surface area contributed by atoms with Crippen LogP contribution in [0.25, 0.3) is 0 Å². The molecule has 0 N–H and O–H groups in total. The van der Waals surface area contributed by atoms with Crippen molar-refractivity contribution in [2.45, 2.75) is 26.2 Å². The quantitative estimate of drug-likeness (QED) is 0.333. The molecule has 0 bridgehead atoms. The van der Waals surface area contributed by atoms with E-state index in [0.29, 0.717) is 0 Å². The summed E-state index contributed by atoms with van der Waals surface area (Å²) in [5.74, 6) is 1.05. The molecule has 0 heterocycles. The molecular formula is C5H12NaS. The second-order valence-corrected chi connectivity index (χ2v) is 1.88. The van der Waals surface area contributed by atoms with E-state index in [1.165, 1.54) is 19.3 Å². The average molecular weight is 127 g/mol. The number of rotatable bonds is 3. The van der Waals surface area contributed by atoms with Gasteiger partial charge >= 0.3 is 0 Å². The summed E-state index contributed by atoms with van der Waals surface area (Å²) in [5, 5.41) is 0. The molecule has 0 unspecified atom stereocenters. The molecule has 0 aromatic heterocycles. The first-order valence-corrected chi connectivity index (χ1v) is 3.16. The van der Waals surface area contributed by atoms with E-state index in [1.54, 1.807) is 0 Å². The summed E-state index contributed by atoms with van der Waals surface area (Å²) in [5.41, 5.74) is 0. The van der Waals surface area contributed by atoms with E-state index in [0.717, 1.165) is 5.75 Å². The zero-order valence-electron chi connectivity index (χ0n) is 5.28. The van der Waals surface area contributed by atoms with E-state index < -0.39 is 0 Å². The van der Waals surface area contributed by atoms with Crippen molar-refractivity contribution in [1.29, 1.82) is 0 Å². The zero-order chi connectivity index (χ0) is 4.83. The second kappa shape index (κ2) is 10.4. The van der Waals surface area contributed by atoms with Crippen LogP contribution in [0.4, 0.5) is 0 Å². The summed E-state index contributed by atoms with van der Waals surface area (Å²) >= 11 is 4.05. The summed E-state index contributed by atoms with van der Waals surface area (Å²) in [6, 6.07) is 0. The fourth-order valence-corrected chi connectivity index (χ4v) is 0.585. The molecule has 2 heteroatoms. The van der Waals surface area contributed by atoms with Crippen LogP contribution in [0.15, 0.2) is 0 Å². The molecule has 0 fully saturated rings. The van der Waals surface area contributed by atoms with Crippen molar-refractivity contribution >= 4 is 42.2 Å². The minimum atomic E-state index is 0. The molecule has 0 saturated heterocycles. The van der Waals surface area contributed by atoms with Gasteiger partial charge in [-0.3, -0.25) is 0 Å². The average Bonchev–Trinajstić information content (AvgIpc) is 1.61. The van der Waals surface area contributed by atoms with E-state index in [9.17, 15) is 0 Å². The van der Waals surface area contributed by atoms with Gasteiger partial charge in [0, 0.05) is 29.6 Å². The SMILES string of the molecule is CCCCCS.[Na]. The Hall–Kier alpha value is 1.35. The Labute approximate surface area is 73.8 Å². The fraction of sp³-hybridized carbons (Fsp3) is 1.00. The summed E-state index contributed by atoms with van der Waals surface area (Å²) in [7, 11) is 0. The normalized spacial score (nSPS) is 7.71. The van der Waals surface area contributed by atoms with Crippen molar-refractivity contribution in [1.82, 2.24) is 0 Å². The Kier molecular flexibility index (Phi) is 16.5. The monoisotopic (exact) mass is 127 g/mol. The molecule has 0 rings (SSSR count). The van der Waals surface area contributed by atoms with E-state index in [4.69, 9.17) is 0 Å². The molecule has 0 aromatic carbocycles. The van der Waals surface area contributed by atoms with Crippen molar-refractivity contribution in [2.24, 2.45) is 0 Å². The van der Waals surface area contributed by atoms with Crippen molar-refractivity contribution in [3.05, 3.63) is 0 Å². The molecule has 0 amide bonds. The summed E-state index contributed by atoms with van der Waals surface area (Å²) in [4.78, 5) is 0. The van der Waals surface area contributed by atoms with E-state index in [-0.39, 0.29) is 29.6 Å². The van der Waals surface area contributed by atoms with Gasteiger partial charge in [0.25, 0.3) is 0 Å². The van der Waals surface area contributed by atoms with Crippen LogP contribution in [0, 0.1) is 0 Å². The predicted molar refractivity (Wildman–Crippen MR) is 39.1 cm³/mol. The Balaban J connectivity index is 0. The van der Waals surface area contributed by atoms with Gasteiger partial charge in [-0.25, -0.2) is 0 Å². The molecule has 0 aliphatic heterocycles. The maximum atomic E-state index is 4.05. The molecule has 0 aliphatic carbocycles. The van der Waals surface area contributed by atoms with Gasteiger partial charge in [-0.2, -0.15) is 12.6 Å². The van der Waals surface area contributed by atoms with Gasteiger partial charge in [0.2, 0.25) is 0 Å². The standard InChI is InChI=1S/C5H12S.Na/c1-2-3-4-5-6;/h6H,2-5H2,1H3;. The second-order valence-electron chi connectivity index (χ2n) is 1.43. The van der Waals surface area contributed by atoms with Gasteiger partial charge < -0.3 is 0 Å². The van der Waals surface area contributed by atoms with Gasteiger partial charge in [0.05, 0.1) is 0 Å². The summed E-state index contributed by atoms with van der Waals surface area (Å²) < 4.78 is 0. The zero-order valence-corrected chi connectivity index (χ0v) is 8.17. The number of unbranched alkanes of at least 4 members (excludes halogenated alkanes) is 2. The van der Waals surface area contributed by atoms with Crippen LogP contribution in [-0.2, 0) is 0 Å². The first-order chi connectivity index (χ1) is 2.91. The van der Waals surface area contributed by atoms with Gasteiger partial charge in [-0.1, -0.05) is 19.8 Å². The maximum Gasteiger partial charge on any atom is 0 e. The molecule has 0 nitrogen and oxygen atoms in total. The third kappa shape index (κ3) is 11.1. The molecule has 1 radical (unpaired) electrons. The number of thiol groups is 1. The molecular weight excluding hydrogens is 115 g/mol. The van der Waals surface area contributed by atoms with E-state index in [2.05, 4.69) is 19.6 Å². The minimum absolute atomic E-state index is 0. The minimum Gasteiger partial charge on any atom is -0.179 e. The molecule has 0 aromatic rings. The van der Waals surface area contributed by atoms with Gasteiger partial charge in [0.1, 0.15) is 0 Å². The van der Waals surface area contributed by atoms with E-state index in [1.807, 2.05) is 0 Å². The van der Waals surface area contributed by atoms with Crippen LogP contribution in [0.2, 0.25) is 0 Å². The first kappa shape index (κ1) is 11.2. The van der Waals surface area contributed by atoms with Crippen LogP contribution < -0.4 is 0 Å². The van der Waals surface area contributed by atoms with Gasteiger partial charge in [-0.15, -0.1) is 0 Å². The van der Waals surface area contributed by atoms with Gasteiger partial charge in [0.15, 0.2) is 0 Å². The molecule has 0 spiro atoms. The van der Waals surface area contributed by atoms with Crippen LogP contribution in [0.5, 0.6) is 0 Å². The Morgan fingerprint density at radius 2 is 1.86 bits per heavy atom. The van der Waals surface area contributed by atoms with Crippen LogP contribution in [0.1, 0.15) is 26.2 Å². The Morgan fingerprint density at radius 1 is 1.29 bits per heavy atom. The number of hydrogen-bond acceptors (Lipinski definition) is 1. The molecule has 0 aliphatic rings.